The van der Waals surface area contributed by atoms with E-state index in [0.717, 1.165) is 0 Å². The Morgan fingerprint density at radius 2 is 0.915 bits per heavy atom. The van der Waals surface area contributed by atoms with Gasteiger partial charge in [-0.2, -0.15) is 0 Å². The highest BCUT2D eigenvalue weighted by molar-refractivity contribution is 5.97. The highest BCUT2D eigenvalue weighted by atomic mass is 16.4. The molecule has 7 amide bonds. The third-order valence-electron chi connectivity index (χ3n) is 6.92. The summed E-state index contributed by atoms with van der Waals surface area (Å²) in [6.07, 6.45) is -1.66. The van der Waals surface area contributed by atoms with Gasteiger partial charge in [-0.1, -0.05) is 34.6 Å². The maximum absolute atomic E-state index is 13.1. The molecule has 0 aromatic carbocycles. The van der Waals surface area contributed by atoms with Crippen molar-refractivity contribution in [1.82, 2.24) is 31.9 Å². The van der Waals surface area contributed by atoms with Gasteiger partial charge in [0.15, 0.2) is 0 Å². The van der Waals surface area contributed by atoms with Gasteiger partial charge in [-0.15, -0.1) is 0 Å². The number of carboxylic acids is 2. The monoisotopic (exact) mass is 671 g/mol. The molecule has 0 aliphatic rings. The number of carbonyl (C=O) groups is 9. The largest absolute Gasteiger partial charge is 0.481 e. The van der Waals surface area contributed by atoms with Crippen molar-refractivity contribution in [3.8, 4) is 0 Å². The van der Waals surface area contributed by atoms with Crippen LogP contribution in [0.25, 0.3) is 0 Å². The van der Waals surface area contributed by atoms with E-state index in [4.69, 9.17) is 15.9 Å². The summed E-state index contributed by atoms with van der Waals surface area (Å²) >= 11 is 0. The lowest BCUT2D eigenvalue weighted by molar-refractivity contribution is -0.139. The zero-order valence-electron chi connectivity index (χ0n) is 27.8. The second-order valence-corrected chi connectivity index (χ2v) is 11.7. The molecule has 6 atom stereocenters. The smallest absolute Gasteiger partial charge is 0.303 e. The van der Waals surface area contributed by atoms with Crippen molar-refractivity contribution in [1.29, 1.82) is 0 Å². The van der Waals surface area contributed by atoms with Crippen molar-refractivity contribution in [2.75, 3.05) is 0 Å². The molecule has 0 saturated heterocycles. The summed E-state index contributed by atoms with van der Waals surface area (Å²) in [4.78, 5) is 110. The number of primary amides is 1. The van der Waals surface area contributed by atoms with E-state index < -0.39 is 109 Å². The van der Waals surface area contributed by atoms with Gasteiger partial charge in [0.2, 0.25) is 41.4 Å². The molecule has 10 N–H and O–H groups in total. The van der Waals surface area contributed by atoms with Gasteiger partial charge in [-0.25, -0.2) is 0 Å². The minimum Gasteiger partial charge on any atom is -0.481 e. The minimum absolute atomic E-state index is 0.161. The third-order valence-corrected chi connectivity index (χ3v) is 6.92. The van der Waals surface area contributed by atoms with Crippen LogP contribution in [0, 0.1) is 11.8 Å². The lowest BCUT2D eigenvalue weighted by Crippen LogP contribution is -2.59. The summed E-state index contributed by atoms with van der Waals surface area (Å²) < 4.78 is 0. The molecule has 0 fully saturated rings. The van der Waals surface area contributed by atoms with Crippen LogP contribution < -0.4 is 37.6 Å². The molecule has 0 radical (unpaired) electrons. The predicted molar refractivity (Wildman–Crippen MR) is 166 cm³/mol. The van der Waals surface area contributed by atoms with Crippen molar-refractivity contribution in [3.05, 3.63) is 0 Å². The summed E-state index contributed by atoms with van der Waals surface area (Å²) in [5.41, 5.74) is 5.23. The highest BCUT2D eigenvalue weighted by Crippen LogP contribution is 2.08. The molecule has 0 heterocycles. The maximum atomic E-state index is 13.1. The number of nitrogens with one attached hydrogen (secondary N) is 6. The van der Waals surface area contributed by atoms with Crippen LogP contribution in [-0.4, -0.2) is 99.8 Å². The number of amides is 7. The second-order valence-electron chi connectivity index (χ2n) is 11.7. The van der Waals surface area contributed by atoms with E-state index in [1.54, 1.807) is 34.6 Å². The molecule has 47 heavy (non-hydrogen) atoms. The van der Waals surface area contributed by atoms with Crippen molar-refractivity contribution < 1.29 is 53.4 Å². The van der Waals surface area contributed by atoms with Gasteiger partial charge in [0.1, 0.15) is 36.3 Å². The fourth-order valence-corrected chi connectivity index (χ4v) is 4.02. The molecule has 0 aliphatic heterocycles. The number of carboxylic acid groups (broad SMARTS) is 2. The number of hydrogen-bond donors (Lipinski definition) is 9. The Balaban J connectivity index is 5.50. The van der Waals surface area contributed by atoms with Crippen molar-refractivity contribution in [2.24, 2.45) is 17.6 Å². The average molecular weight is 672 g/mol. The van der Waals surface area contributed by atoms with Gasteiger partial charge in [0.25, 0.3) is 0 Å². The normalized spacial score (nSPS) is 14.7. The third kappa shape index (κ3) is 15.9. The second kappa shape index (κ2) is 20.4. The van der Waals surface area contributed by atoms with E-state index in [2.05, 4.69) is 31.9 Å². The Labute approximate surface area is 273 Å². The first-order chi connectivity index (χ1) is 21.7. The minimum atomic E-state index is -1.49. The lowest BCUT2D eigenvalue weighted by Gasteiger charge is -2.28. The van der Waals surface area contributed by atoms with Crippen LogP contribution in [0.15, 0.2) is 0 Å². The Bertz CT molecular complexity index is 1180. The van der Waals surface area contributed by atoms with Gasteiger partial charge in [-0.3, -0.25) is 43.2 Å². The number of hydrogen-bond acceptors (Lipinski definition) is 9. The zero-order chi connectivity index (χ0) is 36.6. The summed E-state index contributed by atoms with van der Waals surface area (Å²) in [6, 6.07) is -7.37. The number of carbonyl (C=O) groups excluding carboxylic acids is 7. The summed E-state index contributed by atoms with van der Waals surface area (Å²) in [7, 11) is 0. The predicted octanol–water partition coefficient (Wildman–Crippen LogP) is -2.13. The molecule has 0 aromatic heterocycles. The summed E-state index contributed by atoms with van der Waals surface area (Å²) in [5.74, 6) is -8.62. The zero-order valence-corrected chi connectivity index (χ0v) is 27.8. The molecule has 0 rings (SSSR count). The number of aliphatic carboxylic acids is 2. The summed E-state index contributed by atoms with van der Waals surface area (Å²) in [5, 5.41) is 32.5. The van der Waals surface area contributed by atoms with Gasteiger partial charge in [0.05, 0.1) is 0 Å². The molecular formula is C29H49N7O11. The van der Waals surface area contributed by atoms with E-state index >= 15 is 0 Å². The molecule has 0 saturated carbocycles. The molecule has 0 unspecified atom stereocenters. The van der Waals surface area contributed by atoms with Crippen molar-refractivity contribution >= 4 is 53.3 Å². The first-order valence-electron chi connectivity index (χ1n) is 15.3. The Morgan fingerprint density at radius 1 is 0.532 bits per heavy atom. The first-order valence-corrected chi connectivity index (χ1v) is 15.3. The summed E-state index contributed by atoms with van der Waals surface area (Å²) in [6.45, 7) is 11.0. The molecule has 0 aliphatic carbocycles. The molecular weight excluding hydrogens is 622 g/mol. The van der Waals surface area contributed by atoms with Gasteiger partial charge in [-0.05, 0) is 38.5 Å². The Morgan fingerprint density at radius 3 is 1.34 bits per heavy atom. The molecule has 0 bridgehead atoms. The van der Waals surface area contributed by atoms with E-state index in [9.17, 15) is 43.2 Å². The van der Waals surface area contributed by atoms with E-state index in [0.29, 0.717) is 0 Å². The lowest BCUT2D eigenvalue weighted by atomic mass is 9.99. The van der Waals surface area contributed by atoms with E-state index in [1.807, 2.05) is 0 Å². The standard InChI is InChI=1S/C29H49N7O11/c1-8-19(37)35-22(13(2)3)29(47)36-23(14(4)5)28(46)32-15(6)25(43)31-16(7)26(44)34-18(10-12-21(40)41)27(45)33-17(24(30)42)9-11-20(38)39/h13-18,22-23H,8-12H2,1-7H3,(H2,30,42)(H,31,43)(H,32,46)(H,33,45)(H,34,44)(H,35,37)(H,36,47)(H,38,39)(H,40,41)/t15-,16-,17-,18-,22-,23-/m0/s1. The maximum Gasteiger partial charge on any atom is 0.303 e. The van der Waals surface area contributed by atoms with Gasteiger partial charge in [0, 0.05) is 19.3 Å². The van der Waals surface area contributed by atoms with Crippen molar-refractivity contribution in [2.45, 2.75) is 117 Å². The van der Waals surface area contributed by atoms with Crippen molar-refractivity contribution in [3.63, 3.8) is 0 Å². The molecule has 18 nitrogen and oxygen atoms in total. The van der Waals surface area contributed by atoms with Crippen LogP contribution in [0.2, 0.25) is 0 Å². The molecule has 0 aromatic rings. The van der Waals surface area contributed by atoms with Crippen LogP contribution >= 0.6 is 0 Å². The molecule has 0 spiro atoms. The van der Waals surface area contributed by atoms with Crippen LogP contribution in [0.1, 0.15) is 80.6 Å². The van der Waals surface area contributed by atoms with Crippen LogP contribution in [-0.2, 0) is 43.2 Å². The van der Waals surface area contributed by atoms with Gasteiger partial charge < -0.3 is 47.8 Å². The van der Waals surface area contributed by atoms with Gasteiger partial charge >= 0.3 is 11.9 Å². The first kappa shape index (κ1) is 42.2. The number of rotatable bonds is 21. The SMILES string of the molecule is CCC(=O)N[C@H](C(=O)N[C@H](C(=O)N[C@@H](C)C(=O)N[C@@H](C)C(=O)N[C@@H](CCC(=O)O)C(=O)N[C@@H](CCC(=O)O)C(N)=O)C(C)C)C(C)C. The number of nitrogens with two attached hydrogens (primary N) is 1. The van der Waals surface area contributed by atoms with Crippen LogP contribution in [0.3, 0.4) is 0 Å². The van der Waals surface area contributed by atoms with E-state index in [-0.39, 0.29) is 24.7 Å². The molecule has 18 heteroatoms. The van der Waals surface area contributed by atoms with Crippen LogP contribution in [0.4, 0.5) is 0 Å². The highest BCUT2D eigenvalue weighted by Gasteiger charge is 2.33. The topological polar surface area (TPSA) is 292 Å². The van der Waals surface area contributed by atoms with Crippen LogP contribution in [0.5, 0.6) is 0 Å². The van der Waals surface area contributed by atoms with E-state index in [1.165, 1.54) is 13.8 Å². The fourth-order valence-electron chi connectivity index (χ4n) is 4.02. The quantitative estimate of drug-likeness (QED) is 0.0635. The average Bonchev–Trinajstić information content (AvgIpc) is 2.97. The molecule has 266 valence electrons. The Kier molecular flexibility index (Phi) is 18.3. The fraction of sp³-hybridized carbons (Fsp3) is 0.690. The Hall–Kier alpha value is -4.77.